The second-order valence-corrected chi connectivity index (χ2v) is 3.02. The smallest absolute Gasteiger partial charge is 0.235 e. The lowest BCUT2D eigenvalue weighted by Gasteiger charge is -1.94. The van der Waals surface area contributed by atoms with Crippen LogP contribution in [0.4, 0.5) is 0 Å². The van der Waals surface area contributed by atoms with Crippen molar-refractivity contribution >= 4 is 23.7 Å². The van der Waals surface area contributed by atoms with Crippen LogP contribution in [0.3, 0.4) is 0 Å². The molecule has 66 valence electrons. The zero-order chi connectivity index (χ0) is 9.42. The Bertz CT molecular complexity index is 477. The molecule has 0 unspecified atom stereocenters. The SMILES string of the molecule is Cc1nc2ncc(C=O)cn2c1Cl. The molecule has 0 N–H and O–H groups in total. The minimum atomic E-state index is 0.479. The number of hydrogen-bond donors (Lipinski definition) is 0. The Morgan fingerprint density at radius 3 is 3.08 bits per heavy atom. The highest BCUT2D eigenvalue weighted by Crippen LogP contribution is 2.15. The summed E-state index contributed by atoms with van der Waals surface area (Å²) in [4.78, 5) is 18.5. The van der Waals surface area contributed by atoms with Crippen molar-refractivity contribution < 1.29 is 4.79 Å². The van der Waals surface area contributed by atoms with Crippen molar-refractivity contribution in [1.82, 2.24) is 14.4 Å². The highest BCUT2D eigenvalue weighted by Gasteiger charge is 2.06. The van der Waals surface area contributed by atoms with Gasteiger partial charge in [-0.3, -0.25) is 9.20 Å². The Morgan fingerprint density at radius 2 is 2.38 bits per heavy atom. The molecule has 2 aromatic rings. The topological polar surface area (TPSA) is 47.3 Å². The van der Waals surface area contributed by atoms with E-state index in [1.54, 1.807) is 17.5 Å². The summed E-state index contributed by atoms with van der Waals surface area (Å²) in [6.07, 6.45) is 3.79. The van der Waals surface area contributed by atoms with Crippen LogP contribution in [0, 0.1) is 6.92 Å². The van der Waals surface area contributed by atoms with Gasteiger partial charge in [0.2, 0.25) is 5.78 Å². The molecule has 0 aliphatic rings. The summed E-state index contributed by atoms with van der Waals surface area (Å²) < 4.78 is 1.58. The largest absolute Gasteiger partial charge is 0.298 e. The summed E-state index contributed by atoms with van der Waals surface area (Å²) in [5.74, 6) is 0.508. The van der Waals surface area contributed by atoms with Gasteiger partial charge in [-0.2, -0.15) is 0 Å². The van der Waals surface area contributed by atoms with Crippen molar-refractivity contribution in [3.63, 3.8) is 0 Å². The summed E-state index contributed by atoms with van der Waals surface area (Å²) in [5, 5.41) is 0.492. The van der Waals surface area contributed by atoms with Gasteiger partial charge in [0.15, 0.2) is 6.29 Å². The van der Waals surface area contributed by atoms with E-state index < -0.39 is 0 Å². The van der Waals surface area contributed by atoms with Crippen LogP contribution < -0.4 is 0 Å². The fraction of sp³-hybridized carbons (Fsp3) is 0.125. The van der Waals surface area contributed by atoms with E-state index in [1.807, 2.05) is 0 Å². The van der Waals surface area contributed by atoms with Gasteiger partial charge in [-0.05, 0) is 6.92 Å². The Kier molecular flexibility index (Phi) is 1.77. The van der Waals surface area contributed by atoms with Crippen molar-refractivity contribution in [2.75, 3.05) is 0 Å². The molecule has 0 aromatic carbocycles. The number of nitrogens with zero attached hydrogens (tertiary/aromatic N) is 3. The molecule has 13 heavy (non-hydrogen) atoms. The van der Waals surface area contributed by atoms with E-state index in [0.29, 0.717) is 22.2 Å². The molecule has 0 spiro atoms. The Hall–Kier alpha value is -1.42. The number of fused-ring (bicyclic) bond motifs is 1. The van der Waals surface area contributed by atoms with E-state index in [2.05, 4.69) is 9.97 Å². The first kappa shape index (κ1) is 8.19. The maximum absolute atomic E-state index is 10.5. The van der Waals surface area contributed by atoms with E-state index in [9.17, 15) is 4.79 Å². The maximum Gasteiger partial charge on any atom is 0.235 e. The third-order valence-electron chi connectivity index (χ3n) is 1.74. The van der Waals surface area contributed by atoms with Gasteiger partial charge in [0.1, 0.15) is 5.15 Å². The lowest BCUT2D eigenvalue weighted by molar-refractivity contribution is 0.112. The van der Waals surface area contributed by atoms with E-state index >= 15 is 0 Å². The summed E-state index contributed by atoms with van der Waals surface area (Å²) >= 11 is 5.92. The molecule has 0 aliphatic heterocycles. The van der Waals surface area contributed by atoms with Crippen LogP contribution in [0.25, 0.3) is 5.78 Å². The average molecular weight is 196 g/mol. The zero-order valence-corrected chi connectivity index (χ0v) is 7.62. The summed E-state index contributed by atoms with van der Waals surface area (Å²) in [6.45, 7) is 1.79. The van der Waals surface area contributed by atoms with E-state index in [-0.39, 0.29) is 0 Å². The normalized spacial score (nSPS) is 10.6. The van der Waals surface area contributed by atoms with Gasteiger partial charge in [-0.1, -0.05) is 11.6 Å². The van der Waals surface area contributed by atoms with Crippen LogP contribution in [-0.4, -0.2) is 20.7 Å². The number of carbonyl (C=O) groups excluding carboxylic acids is 1. The second kappa shape index (κ2) is 2.81. The van der Waals surface area contributed by atoms with Gasteiger partial charge in [-0.25, -0.2) is 9.97 Å². The summed E-state index contributed by atoms with van der Waals surface area (Å²) in [6, 6.07) is 0. The molecule has 0 saturated heterocycles. The van der Waals surface area contributed by atoms with E-state index in [1.165, 1.54) is 6.20 Å². The Morgan fingerprint density at radius 1 is 1.62 bits per heavy atom. The first-order valence-corrected chi connectivity index (χ1v) is 4.05. The number of halogens is 1. The molecular weight excluding hydrogens is 190 g/mol. The molecule has 4 nitrogen and oxygen atoms in total. The lowest BCUT2D eigenvalue weighted by atomic mass is 10.4. The van der Waals surface area contributed by atoms with Crippen LogP contribution in [0.15, 0.2) is 12.4 Å². The van der Waals surface area contributed by atoms with E-state index in [0.717, 1.165) is 6.29 Å². The molecule has 2 heterocycles. The van der Waals surface area contributed by atoms with Crippen molar-refractivity contribution in [2.45, 2.75) is 6.92 Å². The van der Waals surface area contributed by atoms with Crippen molar-refractivity contribution in [3.8, 4) is 0 Å². The average Bonchev–Trinajstić information content (AvgIpc) is 2.43. The third-order valence-corrected chi connectivity index (χ3v) is 2.19. The number of carbonyl (C=O) groups is 1. The molecule has 0 fully saturated rings. The fourth-order valence-corrected chi connectivity index (χ4v) is 1.26. The molecular formula is C8H6ClN3O. The molecule has 0 radical (unpaired) electrons. The number of rotatable bonds is 1. The summed E-state index contributed by atoms with van der Waals surface area (Å²) in [7, 11) is 0. The number of hydrogen-bond acceptors (Lipinski definition) is 3. The molecule has 0 amide bonds. The van der Waals surface area contributed by atoms with Crippen molar-refractivity contribution in [3.05, 3.63) is 28.8 Å². The molecule has 0 aliphatic carbocycles. The van der Waals surface area contributed by atoms with Crippen LogP contribution in [0.1, 0.15) is 16.1 Å². The number of aryl methyl sites for hydroxylation is 1. The van der Waals surface area contributed by atoms with Gasteiger partial charge in [0, 0.05) is 18.0 Å². The lowest BCUT2D eigenvalue weighted by Crippen LogP contribution is -1.91. The first-order chi connectivity index (χ1) is 6.22. The number of aromatic nitrogens is 3. The number of aldehydes is 1. The van der Waals surface area contributed by atoms with Gasteiger partial charge >= 0.3 is 0 Å². The Labute approximate surface area is 79.2 Å². The molecule has 0 bridgehead atoms. The van der Waals surface area contributed by atoms with Gasteiger partial charge < -0.3 is 0 Å². The zero-order valence-electron chi connectivity index (χ0n) is 6.86. The van der Waals surface area contributed by atoms with Crippen molar-refractivity contribution in [1.29, 1.82) is 0 Å². The van der Waals surface area contributed by atoms with Gasteiger partial charge in [0.25, 0.3) is 0 Å². The standard InChI is InChI=1S/C8H6ClN3O/c1-5-7(9)12-3-6(4-13)2-10-8(12)11-5/h2-4H,1H3. The monoisotopic (exact) mass is 195 g/mol. The first-order valence-electron chi connectivity index (χ1n) is 3.68. The molecule has 0 atom stereocenters. The van der Waals surface area contributed by atoms with E-state index in [4.69, 9.17) is 11.6 Å². The predicted molar refractivity (Wildman–Crippen MR) is 48.1 cm³/mol. The molecule has 2 aromatic heterocycles. The highest BCUT2D eigenvalue weighted by molar-refractivity contribution is 6.30. The van der Waals surface area contributed by atoms with Gasteiger partial charge in [0.05, 0.1) is 5.69 Å². The number of imidazole rings is 1. The minimum absolute atomic E-state index is 0.479. The van der Waals surface area contributed by atoms with Crippen LogP contribution >= 0.6 is 11.6 Å². The fourth-order valence-electron chi connectivity index (χ4n) is 1.09. The van der Waals surface area contributed by atoms with Crippen molar-refractivity contribution in [2.24, 2.45) is 0 Å². The quantitative estimate of drug-likeness (QED) is 0.648. The van der Waals surface area contributed by atoms with Crippen LogP contribution in [-0.2, 0) is 0 Å². The Balaban J connectivity index is 2.81. The predicted octanol–water partition coefficient (Wildman–Crippen LogP) is 1.50. The highest BCUT2D eigenvalue weighted by atomic mass is 35.5. The van der Waals surface area contributed by atoms with Crippen LogP contribution in [0.2, 0.25) is 5.15 Å². The molecule has 5 heteroatoms. The van der Waals surface area contributed by atoms with Crippen LogP contribution in [0.5, 0.6) is 0 Å². The van der Waals surface area contributed by atoms with Gasteiger partial charge in [-0.15, -0.1) is 0 Å². The maximum atomic E-state index is 10.5. The third kappa shape index (κ3) is 1.19. The summed E-state index contributed by atoms with van der Waals surface area (Å²) in [5.41, 5.74) is 1.18. The molecule has 0 saturated carbocycles. The second-order valence-electron chi connectivity index (χ2n) is 2.66. The minimum Gasteiger partial charge on any atom is -0.298 e. The molecule has 2 rings (SSSR count).